The SMILES string of the molecule is CC1CC(Oc2ccc(F)nc2F)C1. The summed E-state index contributed by atoms with van der Waals surface area (Å²) >= 11 is 0. The monoisotopic (exact) mass is 199 g/mol. The summed E-state index contributed by atoms with van der Waals surface area (Å²) in [6.45, 7) is 2.11. The molecule has 2 nitrogen and oxygen atoms in total. The Morgan fingerprint density at radius 1 is 1.36 bits per heavy atom. The quantitative estimate of drug-likeness (QED) is 0.683. The number of rotatable bonds is 2. The normalized spacial score (nSPS) is 25.6. The first-order valence-corrected chi connectivity index (χ1v) is 4.64. The first-order chi connectivity index (χ1) is 6.65. The fourth-order valence-corrected chi connectivity index (χ4v) is 1.59. The van der Waals surface area contributed by atoms with Crippen LogP contribution in [0.4, 0.5) is 8.78 Å². The van der Waals surface area contributed by atoms with Gasteiger partial charge in [-0.15, -0.1) is 0 Å². The van der Waals surface area contributed by atoms with Crippen molar-refractivity contribution in [2.24, 2.45) is 5.92 Å². The van der Waals surface area contributed by atoms with Crippen LogP contribution in [0.25, 0.3) is 0 Å². The van der Waals surface area contributed by atoms with E-state index >= 15 is 0 Å². The lowest BCUT2D eigenvalue weighted by Gasteiger charge is -2.32. The lowest BCUT2D eigenvalue weighted by molar-refractivity contribution is 0.0689. The summed E-state index contributed by atoms with van der Waals surface area (Å²) in [4.78, 5) is 3.05. The van der Waals surface area contributed by atoms with E-state index in [2.05, 4.69) is 11.9 Å². The van der Waals surface area contributed by atoms with Gasteiger partial charge in [0, 0.05) is 0 Å². The molecule has 2 rings (SSSR count). The second-order valence-corrected chi connectivity index (χ2v) is 3.74. The van der Waals surface area contributed by atoms with E-state index in [-0.39, 0.29) is 11.9 Å². The molecule has 0 aromatic carbocycles. The van der Waals surface area contributed by atoms with Gasteiger partial charge in [-0.1, -0.05) is 6.92 Å². The summed E-state index contributed by atoms with van der Waals surface area (Å²) in [6, 6.07) is 2.38. The maximum Gasteiger partial charge on any atom is 0.257 e. The molecular formula is C10H11F2NO. The van der Waals surface area contributed by atoms with Crippen LogP contribution in [0.1, 0.15) is 19.8 Å². The Labute approximate surface area is 80.9 Å². The summed E-state index contributed by atoms with van der Waals surface area (Å²) in [6.07, 6.45) is 1.92. The molecule has 1 aromatic heterocycles. The van der Waals surface area contributed by atoms with Gasteiger partial charge in [0.15, 0.2) is 5.75 Å². The van der Waals surface area contributed by atoms with Crippen molar-refractivity contribution in [1.82, 2.24) is 4.98 Å². The predicted octanol–water partition coefficient (Wildman–Crippen LogP) is 2.54. The zero-order valence-electron chi connectivity index (χ0n) is 7.84. The summed E-state index contributed by atoms with van der Waals surface area (Å²) < 4.78 is 30.7. The third-order valence-electron chi connectivity index (χ3n) is 2.40. The summed E-state index contributed by atoms with van der Waals surface area (Å²) in [5, 5.41) is 0. The first-order valence-electron chi connectivity index (χ1n) is 4.64. The molecule has 76 valence electrons. The number of pyridine rings is 1. The zero-order valence-corrected chi connectivity index (χ0v) is 7.84. The Bertz CT molecular complexity index is 337. The topological polar surface area (TPSA) is 22.1 Å². The van der Waals surface area contributed by atoms with Crippen molar-refractivity contribution < 1.29 is 13.5 Å². The van der Waals surface area contributed by atoms with Crippen LogP contribution in [-0.4, -0.2) is 11.1 Å². The van der Waals surface area contributed by atoms with Gasteiger partial charge in [0.2, 0.25) is 5.95 Å². The van der Waals surface area contributed by atoms with Crippen molar-refractivity contribution in [3.8, 4) is 5.75 Å². The van der Waals surface area contributed by atoms with Gasteiger partial charge in [-0.3, -0.25) is 0 Å². The van der Waals surface area contributed by atoms with E-state index in [1.165, 1.54) is 6.07 Å². The Kier molecular flexibility index (Phi) is 2.35. The highest BCUT2D eigenvalue weighted by molar-refractivity contribution is 5.19. The van der Waals surface area contributed by atoms with Crippen molar-refractivity contribution in [3.05, 3.63) is 24.0 Å². The largest absolute Gasteiger partial charge is 0.486 e. The van der Waals surface area contributed by atoms with Crippen LogP contribution in [0.3, 0.4) is 0 Å². The molecule has 1 aromatic rings. The minimum atomic E-state index is -0.871. The van der Waals surface area contributed by atoms with Crippen LogP contribution < -0.4 is 4.74 Å². The van der Waals surface area contributed by atoms with Crippen molar-refractivity contribution in [1.29, 1.82) is 0 Å². The first kappa shape index (κ1) is 9.37. The molecule has 1 heterocycles. The van der Waals surface area contributed by atoms with E-state index in [1.54, 1.807) is 0 Å². The molecule has 14 heavy (non-hydrogen) atoms. The second-order valence-electron chi connectivity index (χ2n) is 3.74. The zero-order chi connectivity index (χ0) is 10.1. The molecule has 1 aliphatic carbocycles. The van der Waals surface area contributed by atoms with Gasteiger partial charge in [-0.2, -0.15) is 13.8 Å². The number of hydrogen-bond acceptors (Lipinski definition) is 2. The van der Waals surface area contributed by atoms with Crippen LogP contribution in [0.15, 0.2) is 12.1 Å². The molecule has 1 fully saturated rings. The average molecular weight is 199 g/mol. The van der Waals surface area contributed by atoms with Gasteiger partial charge in [0.25, 0.3) is 5.95 Å². The van der Waals surface area contributed by atoms with E-state index in [4.69, 9.17) is 4.74 Å². The molecule has 0 amide bonds. The summed E-state index contributed by atoms with van der Waals surface area (Å²) in [5.41, 5.74) is 0. The fourth-order valence-electron chi connectivity index (χ4n) is 1.59. The van der Waals surface area contributed by atoms with Gasteiger partial charge >= 0.3 is 0 Å². The third kappa shape index (κ3) is 1.84. The van der Waals surface area contributed by atoms with Crippen LogP contribution in [-0.2, 0) is 0 Å². The molecule has 0 atom stereocenters. The van der Waals surface area contributed by atoms with Gasteiger partial charge in [0.05, 0.1) is 6.10 Å². The highest BCUT2D eigenvalue weighted by Gasteiger charge is 2.27. The molecule has 4 heteroatoms. The fraction of sp³-hybridized carbons (Fsp3) is 0.500. The van der Waals surface area contributed by atoms with Crippen molar-refractivity contribution in [2.45, 2.75) is 25.9 Å². The minimum absolute atomic E-state index is 0.0447. The van der Waals surface area contributed by atoms with Crippen molar-refractivity contribution in [3.63, 3.8) is 0 Å². The lowest BCUT2D eigenvalue weighted by atomic mass is 9.84. The summed E-state index contributed by atoms with van der Waals surface area (Å²) in [5.74, 6) is -1.01. The smallest absolute Gasteiger partial charge is 0.257 e. The van der Waals surface area contributed by atoms with Crippen molar-refractivity contribution in [2.75, 3.05) is 0 Å². The van der Waals surface area contributed by atoms with E-state index in [1.807, 2.05) is 0 Å². The lowest BCUT2D eigenvalue weighted by Crippen LogP contribution is -2.32. The number of hydrogen-bond donors (Lipinski definition) is 0. The molecule has 0 bridgehead atoms. The Morgan fingerprint density at radius 2 is 2.07 bits per heavy atom. The standard InChI is InChI=1S/C10H11F2NO/c1-6-4-7(5-6)14-8-2-3-9(11)13-10(8)12/h2-3,6-7H,4-5H2,1H3. The third-order valence-corrected chi connectivity index (χ3v) is 2.40. The van der Waals surface area contributed by atoms with E-state index in [0.717, 1.165) is 18.9 Å². The van der Waals surface area contributed by atoms with Crippen molar-refractivity contribution >= 4 is 0 Å². The molecule has 1 saturated carbocycles. The van der Waals surface area contributed by atoms with Crippen LogP contribution in [0.2, 0.25) is 0 Å². The second kappa shape index (κ2) is 3.52. The minimum Gasteiger partial charge on any atom is -0.486 e. The van der Waals surface area contributed by atoms with Gasteiger partial charge in [0.1, 0.15) is 0 Å². The van der Waals surface area contributed by atoms with Gasteiger partial charge < -0.3 is 4.74 Å². The molecule has 0 N–H and O–H groups in total. The predicted molar refractivity (Wildman–Crippen MR) is 47.0 cm³/mol. The Hall–Kier alpha value is -1.19. The van der Waals surface area contributed by atoms with Gasteiger partial charge in [-0.05, 0) is 30.9 Å². The van der Waals surface area contributed by atoms with E-state index < -0.39 is 11.9 Å². The molecule has 1 aliphatic rings. The number of aromatic nitrogens is 1. The molecule has 0 aliphatic heterocycles. The summed E-state index contributed by atoms with van der Waals surface area (Å²) in [7, 11) is 0. The number of nitrogens with zero attached hydrogens (tertiary/aromatic N) is 1. The highest BCUT2D eigenvalue weighted by Crippen LogP contribution is 2.31. The Morgan fingerprint density at radius 3 is 2.64 bits per heavy atom. The maximum atomic E-state index is 13.0. The number of halogens is 2. The van der Waals surface area contributed by atoms with Crippen LogP contribution >= 0.6 is 0 Å². The van der Waals surface area contributed by atoms with E-state index in [9.17, 15) is 8.78 Å². The Balaban J connectivity index is 2.02. The maximum absolute atomic E-state index is 13.0. The van der Waals surface area contributed by atoms with Gasteiger partial charge in [-0.25, -0.2) is 0 Å². The molecule has 0 saturated heterocycles. The van der Waals surface area contributed by atoms with Crippen LogP contribution in [0.5, 0.6) is 5.75 Å². The highest BCUT2D eigenvalue weighted by atomic mass is 19.1. The number of ether oxygens (including phenoxy) is 1. The van der Waals surface area contributed by atoms with E-state index in [0.29, 0.717) is 5.92 Å². The molecule has 0 spiro atoms. The van der Waals surface area contributed by atoms with Crippen LogP contribution in [0, 0.1) is 17.8 Å². The molecule has 0 unspecified atom stereocenters. The average Bonchev–Trinajstić information content (AvgIpc) is 2.06. The molecular weight excluding hydrogens is 188 g/mol. The molecule has 0 radical (unpaired) electrons.